The predicted octanol–water partition coefficient (Wildman–Crippen LogP) is 4.26. The summed E-state index contributed by atoms with van der Waals surface area (Å²) in [4.78, 5) is 0. The first-order chi connectivity index (χ1) is 9.86. The third-order valence-electron chi connectivity index (χ3n) is 3.43. The van der Waals surface area contributed by atoms with Crippen LogP contribution < -0.4 is 0 Å². The molecule has 0 heterocycles. The average molecular weight is 351 g/mol. The summed E-state index contributed by atoms with van der Waals surface area (Å²) >= 11 is 5.57. The Bertz CT molecular complexity index is 483. The fraction of sp³-hybridized carbons (Fsp3) is 0.538. The summed E-state index contributed by atoms with van der Waals surface area (Å²) in [6, 6.07) is 4.63. The number of rotatable bonds is 4. The van der Waals surface area contributed by atoms with E-state index < -0.39 is 36.4 Å². The number of aliphatic hydroxyl groups excluding tert-OH is 1. The zero-order valence-electron chi connectivity index (χ0n) is 11.2. The normalized spacial score (nSPS) is 16.5. The topological polar surface area (TPSA) is 40.5 Å². The van der Waals surface area contributed by atoms with Crippen molar-refractivity contribution in [3.05, 3.63) is 34.9 Å². The highest BCUT2D eigenvalue weighted by Gasteiger charge is 2.74. The summed E-state index contributed by atoms with van der Waals surface area (Å²) in [7, 11) is 0. The van der Waals surface area contributed by atoms with Crippen molar-refractivity contribution < 1.29 is 36.6 Å². The van der Waals surface area contributed by atoms with Crippen LogP contribution in [0.5, 0.6) is 0 Å². The smallest absolute Gasteiger partial charge is 0.388 e. The van der Waals surface area contributed by atoms with Crippen LogP contribution in [0.2, 0.25) is 5.02 Å². The Labute approximate surface area is 127 Å². The molecule has 1 aromatic carbocycles. The van der Waals surface area contributed by atoms with Gasteiger partial charge < -0.3 is 10.2 Å². The van der Waals surface area contributed by atoms with E-state index in [-0.39, 0.29) is 10.6 Å². The zero-order chi connectivity index (χ0) is 17.3. The summed E-state index contributed by atoms with van der Waals surface area (Å²) in [5.41, 5.74) is -5.23. The molecule has 22 heavy (non-hydrogen) atoms. The van der Waals surface area contributed by atoms with E-state index >= 15 is 0 Å². The molecule has 0 saturated heterocycles. The molecule has 0 spiro atoms. The van der Waals surface area contributed by atoms with Crippen molar-refractivity contribution in [2.45, 2.75) is 37.4 Å². The summed E-state index contributed by atoms with van der Waals surface area (Å²) in [5, 5.41) is 19.5. The molecular weight excluding hydrogens is 338 g/mol. The Kier molecular flexibility index (Phi) is 5.42. The van der Waals surface area contributed by atoms with Gasteiger partial charge in [0.15, 0.2) is 0 Å². The molecule has 1 rings (SSSR count). The van der Waals surface area contributed by atoms with Crippen molar-refractivity contribution >= 4 is 11.6 Å². The molecule has 1 aromatic rings. The standard InChI is InChI=1S/C13H13ClF6O2/c1-2-9(10(21)7-3-5-8(14)6-4-7)11(22,12(15,16)17)13(18,19)20/h3-6,9-10,21-22H,2H2,1H3/t9-,10+/m0/s1. The van der Waals surface area contributed by atoms with Gasteiger partial charge in [0.2, 0.25) is 0 Å². The van der Waals surface area contributed by atoms with E-state index in [0.29, 0.717) is 0 Å². The maximum atomic E-state index is 12.9. The maximum Gasteiger partial charge on any atom is 0.426 e. The number of aliphatic hydroxyl groups is 2. The fourth-order valence-corrected chi connectivity index (χ4v) is 2.35. The molecule has 0 unspecified atom stereocenters. The van der Waals surface area contributed by atoms with Crippen molar-refractivity contribution in [3.63, 3.8) is 0 Å². The van der Waals surface area contributed by atoms with Crippen molar-refractivity contribution in [1.82, 2.24) is 0 Å². The van der Waals surface area contributed by atoms with Crippen molar-refractivity contribution in [3.8, 4) is 0 Å². The van der Waals surface area contributed by atoms with Crippen LogP contribution in [0.4, 0.5) is 26.3 Å². The van der Waals surface area contributed by atoms with Gasteiger partial charge in [-0.1, -0.05) is 30.7 Å². The van der Waals surface area contributed by atoms with E-state index in [2.05, 4.69) is 0 Å². The number of halogens is 7. The molecule has 0 bridgehead atoms. The van der Waals surface area contributed by atoms with Crippen LogP contribution in [0, 0.1) is 5.92 Å². The molecule has 0 fully saturated rings. The molecule has 0 saturated carbocycles. The molecule has 2 atom stereocenters. The Morgan fingerprint density at radius 1 is 1.00 bits per heavy atom. The largest absolute Gasteiger partial charge is 0.426 e. The maximum absolute atomic E-state index is 12.9. The second kappa shape index (κ2) is 6.25. The van der Waals surface area contributed by atoms with Gasteiger partial charge in [-0.2, -0.15) is 26.3 Å². The first-order valence-electron chi connectivity index (χ1n) is 6.15. The van der Waals surface area contributed by atoms with Crippen LogP contribution >= 0.6 is 11.6 Å². The van der Waals surface area contributed by atoms with Gasteiger partial charge in [0.1, 0.15) is 0 Å². The molecule has 0 aromatic heterocycles. The van der Waals surface area contributed by atoms with E-state index in [0.717, 1.165) is 19.1 Å². The minimum atomic E-state index is -5.99. The lowest BCUT2D eigenvalue weighted by Gasteiger charge is -2.40. The predicted molar refractivity (Wildman–Crippen MR) is 67.3 cm³/mol. The molecule has 0 radical (unpaired) electrons. The van der Waals surface area contributed by atoms with Crippen LogP contribution in [-0.4, -0.2) is 28.2 Å². The average Bonchev–Trinajstić information content (AvgIpc) is 2.37. The summed E-state index contributed by atoms with van der Waals surface area (Å²) in [6.45, 7) is 1.02. The minimum absolute atomic E-state index is 0.200. The van der Waals surface area contributed by atoms with Gasteiger partial charge in [-0.15, -0.1) is 0 Å². The number of alkyl halides is 6. The van der Waals surface area contributed by atoms with Crippen molar-refractivity contribution in [2.24, 2.45) is 5.92 Å². The molecule has 2 N–H and O–H groups in total. The Morgan fingerprint density at radius 3 is 1.73 bits per heavy atom. The molecule has 9 heteroatoms. The quantitative estimate of drug-likeness (QED) is 0.797. The highest BCUT2D eigenvalue weighted by atomic mass is 35.5. The minimum Gasteiger partial charge on any atom is -0.388 e. The molecule has 126 valence electrons. The number of hydrogen-bond acceptors (Lipinski definition) is 2. The van der Waals surface area contributed by atoms with E-state index in [4.69, 9.17) is 11.6 Å². The van der Waals surface area contributed by atoms with Gasteiger partial charge >= 0.3 is 12.4 Å². The molecule has 0 aliphatic rings. The van der Waals surface area contributed by atoms with Gasteiger partial charge in [0.05, 0.1) is 6.10 Å². The van der Waals surface area contributed by atoms with E-state index in [1.807, 2.05) is 0 Å². The molecule has 0 aliphatic carbocycles. The van der Waals surface area contributed by atoms with Gasteiger partial charge in [-0.05, 0) is 24.1 Å². The lowest BCUT2D eigenvalue weighted by atomic mass is 9.78. The fourth-order valence-electron chi connectivity index (χ4n) is 2.22. The summed E-state index contributed by atoms with van der Waals surface area (Å²) < 4.78 is 77.3. The SMILES string of the molecule is CC[C@@H]([C@H](O)c1ccc(Cl)cc1)C(O)(C(F)(F)F)C(F)(F)F. The first kappa shape index (κ1) is 19.1. The van der Waals surface area contributed by atoms with Gasteiger partial charge in [-0.3, -0.25) is 0 Å². The van der Waals surface area contributed by atoms with Crippen LogP contribution in [0.1, 0.15) is 25.0 Å². The monoisotopic (exact) mass is 350 g/mol. The van der Waals surface area contributed by atoms with Gasteiger partial charge in [0, 0.05) is 10.9 Å². The van der Waals surface area contributed by atoms with Gasteiger partial charge in [0.25, 0.3) is 5.60 Å². The van der Waals surface area contributed by atoms with Crippen LogP contribution in [0.15, 0.2) is 24.3 Å². The number of hydrogen-bond donors (Lipinski definition) is 2. The van der Waals surface area contributed by atoms with E-state index in [9.17, 15) is 36.6 Å². The Balaban J connectivity index is 3.34. The second-order valence-corrected chi connectivity index (χ2v) is 5.21. The molecule has 2 nitrogen and oxygen atoms in total. The van der Waals surface area contributed by atoms with E-state index in [1.54, 1.807) is 0 Å². The Hall–Kier alpha value is -0.990. The van der Waals surface area contributed by atoms with Crippen LogP contribution in [0.3, 0.4) is 0 Å². The molecule has 0 aliphatic heterocycles. The third-order valence-corrected chi connectivity index (χ3v) is 3.69. The molecule has 0 amide bonds. The Morgan fingerprint density at radius 2 is 1.41 bits per heavy atom. The van der Waals surface area contributed by atoms with Crippen molar-refractivity contribution in [2.75, 3.05) is 0 Å². The van der Waals surface area contributed by atoms with Crippen molar-refractivity contribution in [1.29, 1.82) is 0 Å². The third kappa shape index (κ3) is 3.33. The summed E-state index contributed by atoms with van der Waals surface area (Å²) in [5.74, 6) is -2.52. The second-order valence-electron chi connectivity index (χ2n) is 4.77. The van der Waals surface area contributed by atoms with E-state index in [1.165, 1.54) is 12.1 Å². The summed E-state index contributed by atoms with van der Waals surface area (Å²) in [6.07, 6.45) is -14.9. The van der Waals surface area contributed by atoms with Crippen LogP contribution in [0.25, 0.3) is 0 Å². The highest BCUT2D eigenvalue weighted by Crippen LogP contribution is 2.52. The number of benzene rings is 1. The first-order valence-corrected chi connectivity index (χ1v) is 6.53. The molecular formula is C13H13ClF6O2. The lowest BCUT2D eigenvalue weighted by Crippen LogP contribution is -2.62. The highest BCUT2D eigenvalue weighted by molar-refractivity contribution is 6.30. The van der Waals surface area contributed by atoms with Crippen LogP contribution in [-0.2, 0) is 0 Å². The zero-order valence-corrected chi connectivity index (χ0v) is 12.0. The van der Waals surface area contributed by atoms with Gasteiger partial charge in [-0.25, -0.2) is 0 Å². The lowest BCUT2D eigenvalue weighted by molar-refractivity contribution is -0.392.